The smallest absolute Gasteiger partial charge is 0.220 e. The molecular formula is C11H22N2O. The second-order valence-electron chi connectivity index (χ2n) is 5.86. The predicted molar refractivity (Wildman–Crippen MR) is 57.5 cm³/mol. The summed E-state index contributed by atoms with van der Waals surface area (Å²) in [6.45, 7) is 7.18. The first-order valence-corrected chi connectivity index (χ1v) is 5.27. The highest BCUT2D eigenvalue weighted by Crippen LogP contribution is 2.47. The number of primary amides is 1. The lowest BCUT2D eigenvalue weighted by atomic mass is 9.60. The van der Waals surface area contributed by atoms with Gasteiger partial charge in [0, 0.05) is 5.92 Å². The highest BCUT2D eigenvalue weighted by molar-refractivity contribution is 5.76. The minimum atomic E-state index is -0.169. The van der Waals surface area contributed by atoms with Gasteiger partial charge in [0.15, 0.2) is 0 Å². The monoisotopic (exact) mass is 198 g/mol. The van der Waals surface area contributed by atoms with Crippen LogP contribution in [0, 0.1) is 16.7 Å². The normalized spacial score (nSPS) is 36.7. The zero-order valence-corrected chi connectivity index (χ0v) is 9.47. The Bertz CT molecular complexity index is 237. The van der Waals surface area contributed by atoms with Gasteiger partial charge in [-0.2, -0.15) is 0 Å². The van der Waals surface area contributed by atoms with Crippen molar-refractivity contribution in [2.75, 3.05) is 6.54 Å². The van der Waals surface area contributed by atoms with Gasteiger partial charge < -0.3 is 11.5 Å². The molecule has 0 aromatic rings. The van der Waals surface area contributed by atoms with Gasteiger partial charge in [0.25, 0.3) is 0 Å². The molecule has 1 aliphatic carbocycles. The standard InChI is InChI=1S/C11H22N2O/c1-10(2)4-8(9(13)14)5-11(3,6-10)7-12/h8H,4-7,12H2,1-3H3,(H2,13,14). The highest BCUT2D eigenvalue weighted by atomic mass is 16.1. The molecular weight excluding hydrogens is 176 g/mol. The van der Waals surface area contributed by atoms with Crippen molar-refractivity contribution in [3.05, 3.63) is 0 Å². The van der Waals surface area contributed by atoms with E-state index < -0.39 is 0 Å². The molecule has 0 aliphatic heterocycles. The fraction of sp³-hybridized carbons (Fsp3) is 0.909. The second-order valence-corrected chi connectivity index (χ2v) is 5.86. The van der Waals surface area contributed by atoms with Crippen molar-refractivity contribution in [2.45, 2.75) is 40.0 Å². The first-order valence-electron chi connectivity index (χ1n) is 5.27. The fourth-order valence-corrected chi connectivity index (χ4v) is 2.99. The van der Waals surface area contributed by atoms with E-state index in [1.165, 1.54) is 0 Å². The van der Waals surface area contributed by atoms with Crippen LogP contribution in [0.1, 0.15) is 40.0 Å². The number of carbonyl (C=O) groups is 1. The number of carbonyl (C=O) groups excluding carboxylic acids is 1. The first kappa shape index (κ1) is 11.5. The van der Waals surface area contributed by atoms with Gasteiger partial charge in [-0.15, -0.1) is 0 Å². The summed E-state index contributed by atoms with van der Waals surface area (Å²) in [5.41, 5.74) is 11.4. The van der Waals surface area contributed by atoms with E-state index in [2.05, 4.69) is 20.8 Å². The van der Waals surface area contributed by atoms with E-state index in [0.29, 0.717) is 6.54 Å². The molecule has 1 aliphatic rings. The zero-order chi connectivity index (χ0) is 11.0. The van der Waals surface area contributed by atoms with Crippen molar-refractivity contribution in [1.82, 2.24) is 0 Å². The van der Waals surface area contributed by atoms with E-state index in [1.54, 1.807) is 0 Å². The van der Waals surface area contributed by atoms with E-state index in [0.717, 1.165) is 19.3 Å². The maximum absolute atomic E-state index is 11.2. The summed E-state index contributed by atoms with van der Waals surface area (Å²) >= 11 is 0. The molecule has 0 spiro atoms. The van der Waals surface area contributed by atoms with Crippen molar-refractivity contribution in [2.24, 2.45) is 28.2 Å². The van der Waals surface area contributed by atoms with E-state index in [1.807, 2.05) is 0 Å². The minimum absolute atomic E-state index is 0.00676. The minimum Gasteiger partial charge on any atom is -0.369 e. The third-order valence-electron chi connectivity index (χ3n) is 3.34. The summed E-state index contributed by atoms with van der Waals surface area (Å²) in [7, 11) is 0. The number of hydrogen-bond donors (Lipinski definition) is 2. The van der Waals surface area contributed by atoms with Gasteiger partial charge in [-0.3, -0.25) is 4.79 Å². The molecule has 1 amide bonds. The Labute approximate surface area is 86.2 Å². The summed E-state index contributed by atoms with van der Waals surface area (Å²) in [6, 6.07) is 0. The lowest BCUT2D eigenvalue weighted by Gasteiger charge is -2.45. The summed E-state index contributed by atoms with van der Waals surface area (Å²) in [4.78, 5) is 11.2. The van der Waals surface area contributed by atoms with Crippen LogP contribution in [0.5, 0.6) is 0 Å². The van der Waals surface area contributed by atoms with Gasteiger partial charge in [0.1, 0.15) is 0 Å². The molecule has 82 valence electrons. The second kappa shape index (κ2) is 3.54. The van der Waals surface area contributed by atoms with E-state index in [4.69, 9.17) is 11.5 Å². The lowest BCUT2D eigenvalue weighted by molar-refractivity contribution is -0.126. The molecule has 4 N–H and O–H groups in total. The Morgan fingerprint density at radius 3 is 2.36 bits per heavy atom. The maximum Gasteiger partial charge on any atom is 0.220 e. The molecule has 0 bridgehead atoms. The van der Waals surface area contributed by atoms with E-state index >= 15 is 0 Å². The van der Waals surface area contributed by atoms with Crippen molar-refractivity contribution >= 4 is 5.91 Å². The number of hydrogen-bond acceptors (Lipinski definition) is 2. The summed E-state index contributed by atoms with van der Waals surface area (Å²) < 4.78 is 0. The molecule has 0 radical (unpaired) electrons. The van der Waals surface area contributed by atoms with Crippen molar-refractivity contribution < 1.29 is 4.79 Å². The van der Waals surface area contributed by atoms with Gasteiger partial charge in [0.2, 0.25) is 5.91 Å². The van der Waals surface area contributed by atoms with Crippen LogP contribution in [0.4, 0.5) is 0 Å². The molecule has 0 heterocycles. The van der Waals surface area contributed by atoms with Crippen molar-refractivity contribution in [1.29, 1.82) is 0 Å². The third-order valence-corrected chi connectivity index (χ3v) is 3.34. The van der Waals surface area contributed by atoms with Crippen molar-refractivity contribution in [3.63, 3.8) is 0 Å². The summed E-state index contributed by atoms with van der Waals surface area (Å²) in [5, 5.41) is 0. The lowest BCUT2D eigenvalue weighted by Crippen LogP contribution is -2.44. The highest BCUT2D eigenvalue weighted by Gasteiger charge is 2.42. The van der Waals surface area contributed by atoms with E-state index in [9.17, 15) is 4.79 Å². The molecule has 0 aromatic carbocycles. The van der Waals surface area contributed by atoms with Crippen LogP contribution in [0.15, 0.2) is 0 Å². The maximum atomic E-state index is 11.2. The molecule has 0 saturated heterocycles. The number of amides is 1. The van der Waals surface area contributed by atoms with Gasteiger partial charge >= 0.3 is 0 Å². The molecule has 3 heteroatoms. The van der Waals surface area contributed by atoms with Crippen molar-refractivity contribution in [3.8, 4) is 0 Å². The summed E-state index contributed by atoms with van der Waals surface area (Å²) in [5.74, 6) is -0.162. The van der Waals surface area contributed by atoms with Crippen LogP contribution < -0.4 is 11.5 Å². The van der Waals surface area contributed by atoms with Gasteiger partial charge in [-0.05, 0) is 36.6 Å². The van der Waals surface area contributed by atoms with Gasteiger partial charge in [0.05, 0.1) is 0 Å². The number of nitrogens with two attached hydrogens (primary N) is 2. The predicted octanol–water partition coefficient (Wildman–Crippen LogP) is 1.26. The molecule has 1 rings (SSSR count). The Morgan fingerprint density at radius 2 is 1.93 bits per heavy atom. The quantitative estimate of drug-likeness (QED) is 0.701. The average molecular weight is 198 g/mol. The molecule has 3 nitrogen and oxygen atoms in total. The van der Waals surface area contributed by atoms with Gasteiger partial charge in [-0.25, -0.2) is 0 Å². The molecule has 14 heavy (non-hydrogen) atoms. The van der Waals surface area contributed by atoms with Crippen LogP contribution in [0.3, 0.4) is 0 Å². The Balaban J connectivity index is 2.82. The molecule has 1 saturated carbocycles. The summed E-state index contributed by atoms with van der Waals surface area (Å²) in [6.07, 6.45) is 2.83. The molecule has 2 unspecified atom stereocenters. The average Bonchev–Trinajstić information content (AvgIpc) is 2.01. The largest absolute Gasteiger partial charge is 0.369 e. The molecule has 2 atom stereocenters. The van der Waals surface area contributed by atoms with Crippen LogP contribution >= 0.6 is 0 Å². The molecule has 0 aromatic heterocycles. The molecule has 1 fully saturated rings. The Morgan fingerprint density at radius 1 is 1.36 bits per heavy atom. The number of rotatable bonds is 2. The fourth-order valence-electron chi connectivity index (χ4n) is 2.99. The SMILES string of the molecule is CC1(C)CC(C(N)=O)CC(C)(CN)C1. The first-order chi connectivity index (χ1) is 6.28. The van der Waals surface area contributed by atoms with Crippen LogP contribution in [-0.4, -0.2) is 12.5 Å². The van der Waals surface area contributed by atoms with Crippen LogP contribution in [0.2, 0.25) is 0 Å². The van der Waals surface area contributed by atoms with Crippen LogP contribution in [-0.2, 0) is 4.79 Å². The van der Waals surface area contributed by atoms with E-state index in [-0.39, 0.29) is 22.7 Å². The third kappa shape index (κ3) is 2.47. The Hall–Kier alpha value is -0.570. The zero-order valence-electron chi connectivity index (χ0n) is 9.47. The van der Waals surface area contributed by atoms with Crippen LogP contribution in [0.25, 0.3) is 0 Å². The van der Waals surface area contributed by atoms with Gasteiger partial charge in [-0.1, -0.05) is 20.8 Å². The Kier molecular flexibility index (Phi) is 2.91. The topological polar surface area (TPSA) is 69.1 Å².